The van der Waals surface area contributed by atoms with Gasteiger partial charge in [0, 0.05) is 11.1 Å². The highest BCUT2D eigenvalue weighted by molar-refractivity contribution is 6.42. The normalized spacial score (nSPS) is 14.5. The summed E-state index contributed by atoms with van der Waals surface area (Å²) in [4.78, 5) is 19.7. The van der Waals surface area contributed by atoms with Crippen LogP contribution in [0.5, 0.6) is 17.2 Å². The number of anilines is 1. The van der Waals surface area contributed by atoms with Gasteiger partial charge in [-0.05, 0) is 48.5 Å². The molecule has 1 heterocycles. The van der Waals surface area contributed by atoms with Crippen molar-refractivity contribution in [2.24, 2.45) is 4.99 Å². The van der Waals surface area contributed by atoms with Crippen molar-refractivity contribution in [1.29, 1.82) is 0 Å². The van der Waals surface area contributed by atoms with Crippen molar-refractivity contribution in [2.75, 3.05) is 26.2 Å². The van der Waals surface area contributed by atoms with Crippen LogP contribution in [0.3, 0.4) is 0 Å². The summed E-state index contributed by atoms with van der Waals surface area (Å²) in [6.45, 7) is 0. The summed E-state index contributed by atoms with van der Waals surface area (Å²) in [5.41, 5.74) is 2.17. The Morgan fingerprint density at radius 1 is 0.818 bits per heavy atom. The lowest BCUT2D eigenvalue weighted by Gasteiger charge is -2.20. The molecule has 1 aliphatic rings. The van der Waals surface area contributed by atoms with E-state index in [1.54, 1.807) is 57.7 Å². The third-order valence-corrected chi connectivity index (χ3v) is 5.83. The van der Waals surface area contributed by atoms with Gasteiger partial charge in [-0.2, -0.15) is 0 Å². The first kappa shape index (κ1) is 22.7. The van der Waals surface area contributed by atoms with Crippen LogP contribution in [-0.4, -0.2) is 33.1 Å². The molecule has 8 heteroatoms. The second-order valence-corrected chi connectivity index (χ2v) is 7.83. The number of carbonyl (C=O) groups excluding carboxylic acids is 1. The van der Waals surface area contributed by atoms with E-state index in [4.69, 9.17) is 37.4 Å². The minimum absolute atomic E-state index is 0.246. The number of hydrogen-bond acceptors (Lipinski definition) is 5. The molecule has 0 aromatic heterocycles. The zero-order chi connectivity index (χ0) is 23.5. The maximum atomic E-state index is 13.5. The highest BCUT2D eigenvalue weighted by Gasteiger charge is 2.33. The summed E-state index contributed by atoms with van der Waals surface area (Å²) in [7, 11) is 4.69. The van der Waals surface area contributed by atoms with Crippen molar-refractivity contribution >= 4 is 46.7 Å². The fourth-order valence-electron chi connectivity index (χ4n) is 3.48. The van der Waals surface area contributed by atoms with Crippen molar-refractivity contribution in [2.45, 2.75) is 0 Å². The third-order valence-electron chi connectivity index (χ3n) is 5.09. The van der Waals surface area contributed by atoms with E-state index in [1.807, 2.05) is 30.3 Å². The number of methoxy groups -OCH3 is 3. The summed E-state index contributed by atoms with van der Waals surface area (Å²) in [6.07, 6.45) is 1.69. The summed E-state index contributed by atoms with van der Waals surface area (Å²) >= 11 is 12.3. The molecule has 1 aliphatic heterocycles. The Bertz CT molecular complexity index is 1290. The predicted octanol–water partition coefficient (Wildman–Crippen LogP) is 5.85. The third kappa shape index (κ3) is 4.40. The van der Waals surface area contributed by atoms with Crippen molar-refractivity contribution < 1.29 is 19.0 Å². The molecule has 0 unspecified atom stereocenters. The molecule has 3 aromatic rings. The lowest BCUT2D eigenvalue weighted by atomic mass is 10.1. The number of aliphatic imine (C=N–C) groups is 1. The smallest absolute Gasteiger partial charge is 0.282 e. The van der Waals surface area contributed by atoms with E-state index in [-0.39, 0.29) is 11.6 Å². The molecule has 0 saturated carbocycles. The van der Waals surface area contributed by atoms with Gasteiger partial charge in [0.15, 0.2) is 11.5 Å². The Morgan fingerprint density at radius 3 is 2.24 bits per heavy atom. The summed E-state index contributed by atoms with van der Waals surface area (Å²) in [5, 5.41) is 0.720. The minimum atomic E-state index is -0.316. The van der Waals surface area contributed by atoms with Crippen molar-refractivity contribution in [1.82, 2.24) is 0 Å². The van der Waals surface area contributed by atoms with Gasteiger partial charge in [-0.15, -0.1) is 0 Å². The minimum Gasteiger partial charge on any atom is -0.496 e. The van der Waals surface area contributed by atoms with E-state index in [2.05, 4.69) is 4.99 Å². The number of ether oxygens (including phenoxy) is 3. The van der Waals surface area contributed by atoms with Crippen molar-refractivity contribution in [3.8, 4) is 17.2 Å². The van der Waals surface area contributed by atoms with Crippen LogP contribution in [0.25, 0.3) is 6.08 Å². The molecular weight excluding hydrogens is 463 g/mol. The lowest BCUT2D eigenvalue weighted by Crippen LogP contribution is -2.32. The number of amidine groups is 1. The Labute approximate surface area is 201 Å². The molecule has 168 valence electrons. The predicted molar refractivity (Wildman–Crippen MR) is 131 cm³/mol. The van der Waals surface area contributed by atoms with Crippen LogP contribution < -0.4 is 19.1 Å². The average Bonchev–Trinajstić information content (AvgIpc) is 3.16. The molecule has 0 atom stereocenters. The van der Waals surface area contributed by atoms with Crippen LogP contribution in [-0.2, 0) is 4.79 Å². The average molecular weight is 483 g/mol. The quantitative estimate of drug-likeness (QED) is 0.413. The first-order valence-electron chi connectivity index (χ1n) is 9.92. The Morgan fingerprint density at radius 2 is 1.55 bits per heavy atom. The number of halogens is 2. The van der Waals surface area contributed by atoms with E-state index in [9.17, 15) is 4.79 Å². The molecule has 6 nitrogen and oxygen atoms in total. The van der Waals surface area contributed by atoms with E-state index in [0.717, 1.165) is 5.56 Å². The Balaban J connectivity index is 1.88. The van der Waals surface area contributed by atoms with Crippen LogP contribution in [0.1, 0.15) is 11.1 Å². The second-order valence-electron chi connectivity index (χ2n) is 7.02. The molecule has 0 bridgehead atoms. The largest absolute Gasteiger partial charge is 0.496 e. The lowest BCUT2D eigenvalue weighted by molar-refractivity contribution is -0.113. The molecule has 0 aliphatic carbocycles. The standard InChI is InChI=1S/C25H20Cl2N2O4/c1-31-21-7-5-4-6-15(21)12-20-25(30)29(17-9-10-18(26)19(27)14-17)24(28-20)16-8-11-22(32-2)23(13-16)33-3/h4-14H,1-3H3. The van der Waals surface area contributed by atoms with Crippen LogP contribution in [0.15, 0.2) is 71.4 Å². The first-order chi connectivity index (χ1) is 16.0. The van der Waals surface area contributed by atoms with E-state index in [1.165, 1.54) is 4.90 Å². The number of hydrogen-bond donors (Lipinski definition) is 0. The summed E-state index contributed by atoms with van der Waals surface area (Å²) in [5.74, 6) is 1.82. The fourth-order valence-corrected chi connectivity index (χ4v) is 3.77. The monoisotopic (exact) mass is 482 g/mol. The van der Waals surface area contributed by atoms with Gasteiger partial charge >= 0.3 is 0 Å². The molecular formula is C25H20Cl2N2O4. The van der Waals surface area contributed by atoms with E-state index < -0.39 is 0 Å². The van der Waals surface area contributed by atoms with Gasteiger partial charge in [0.1, 0.15) is 17.3 Å². The van der Waals surface area contributed by atoms with Gasteiger partial charge in [-0.1, -0.05) is 41.4 Å². The number of para-hydroxylation sites is 1. The molecule has 0 N–H and O–H groups in total. The summed E-state index contributed by atoms with van der Waals surface area (Å²) in [6, 6.07) is 17.7. The zero-order valence-corrected chi connectivity index (χ0v) is 19.6. The van der Waals surface area contributed by atoms with Crippen LogP contribution in [0.2, 0.25) is 10.0 Å². The van der Waals surface area contributed by atoms with Crippen LogP contribution >= 0.6 is 23.2 Å². The fraction of sp³-hybridized carbons (Fsp3) is 0.120. The van der Waals surface area contributed by atoms with Gasteiger partial charge < -0.3 is 14.2 Å². The molecule has 0 radical (unpaired) electrons. The van der Waals surface area contributed by atoms with Gasteiger partial charge in [-0.25, -0.2) is 4.99 Å². The first-order valence-corrected chi connectivity index (χ1v) is 10.7. The maximum absolute atomic E-state index is 13.5. The van der Waals surface area contributed by atoms with Crippen molar-refractivity contribution in [3.63, 3.8) is 0 Å². The van der Waals surface area contributed by atoms with Crippen LogP contribution in [0.4, 0.5) is 5.69 Å². The number of carbonyl (C=O) groups is 1. The van der Waals surface area contributed by atoms with E-state index >= 15 is 0 Å². The molecule has 0 saturated heterocycles. The second kappa shape index (κ2) is 9.57. The van der Waals surface area contributed by atoms with Gasteiger partial charge in [0.25, 0.3) is 5.91 Å². The van der Waals surface area contributed by atoms with Gasteiger partial charge in [0.05, 0.1) is 37.1 Å². The van der Waals surface area contributed by atoms with E-state index in [0.29, 0.717) is 44.4 Å². The summed E-state index contributed by atoms with van der Waals surface area (Å²) < 4.78 is 16.2. The zero-order valence-electron chi connectivity index (χ0n) is 18.1. The maximum Gasteiger partial charge on any atom is 0.282 e. The van der Waals surface area contributed by atoms with Crippen LogP contribution in [0, 0.1) is 0 Å². The number of nitrogens with zero attached hydrogens (tertiary/aromatic N) is 2. The molecule has 4 rings (SSSR count). The number of rotatable bonds is 6. The molecule has 0 spiro atoms. The Hall–Kier alpha value is -3.48. The van der Waals surface area contributed by atoms with Gasteiger partial charge in [0.2, 0.25) is 0 Å². The van der Waals surface area contributed by atoms with Gasteiger partial charge in [-0.3, -0.25) is 9.69 Å². The SMILES string of the molecule is COc1ccccc1C=C1N=C(c2ccc(OC)c(OC)c2)N(c2ccc(Cl)c(Cl)c2)C1=O. The topological polar surface area (TPSA) is 60.4 Å². The highest BCUT2D eigenvalue weighted by Crippen LogP contribution is 2.35. The molecule has 3 aromatic carbocycles. The molecule has 33 heavy (non-hydrogen) atoms. The Kier molecular flexibility index (Phi) is 6.58. The number of amides is 1. The van der Waals surface area contributed by atoms with Crippen molar-refractivity contribution in [3.05, 3.63) is 87.5 Å². The molecule has 0 fully saturated rings. The highest BCUT2D eigenvalue weighted by atomic mass is 35.5. The molecule has 1 amide bonds. The number of benzene rings is 3.